The zero-order valence-corrected chi connectivity index (χ0v) is 17.0. The number of halogens is 6. The second-order valence-electron chi connectivity index (χ2n) is 7.34. The molecule has 2 aliphatic rings. The third kappa shape index (κ3) is 4.26. The van der Waals surface area contributed by atoms with Crippen molar-refractivity contribution in [3.05, 3.63) is 23.1 Å². The molecule has 31 heavy (non-hydrogen) atoms. The average molecular weight is 468 g/mol. The topological polar surface area (TPSA) is 80.1 Å². The molecule has 0 bridgehead atoms. The number of aromatic nitrogens is 4. The number of nitrogens with zero attached hydrogens (tertiary/aromatic N) is 5. The van der Waals surface area contributed by atoms with Crippen molar-refractivity contribution in [2.24, 2.45) is 0 Å². The van der Waals surface area contributed by atoms with Gasteiger partial charge in [0.25, 0.3) is 5.92 Å². The fourth-order valence-electron chi connectivity index (χ4n) is 3.54. The van der Waals surface area contributed by atoms with Crippen LogP contribution in [0.2, 0.25) is 5.15 Å². The number of alkyl halides is 5. The number of anilines is 3. The largest absolute Gasteiger partial charge is 0.421 e. The molecule has 4 rings (SSSR count). The van der Waals surface area contributed by atoms with Crippen molar-refractivity contribution < 1.29 is 26.7 Å². The van der Waals surface area contributed by atoms with Gasteiger partial charge in [-0.25, -0.2) is 18.4 Å². The van der Waals surface area contributed by atoms with E-state index in [1.807, 2.05) is 4.90 Å². The van der Waals surface area contributed by atoms with E-state index in [2.05, 4.69) is 25.7 Å². The fourth-order valence-corrected chi connectivity index (χ4v) is 3.79. The molecule has 170 valence electrons. The maximum absolute atomic E-state index is 14.6. The molecule has 1 atom stereocenters. The molecule has 2 fully saturated rings. The van der Waals surface area contributed by atoms with Crippen molar-refractivity contribution in [1.82, 2.24) is 24.6 Å². The monoisotopic (exact) mass is 467 g/mol. The minimum absolute atomic E-state index is 0.0442. The first-order valence-corrected chi connectivity index (χ1v) is 9.79. The van der Waals surface area contributed by atoms with Gasteiger partial charge in [-0.2, -0.15) is 23.3 Å². The van der Waals surface area contributed by atoms with Gasteiger partial charge in [-0.1, -0.05) is 11.6 Å². The Labute approximate surface area is 178 Å². The predicted molar refractivity (Wildman–Crippen MR) is 102 cm³/mol. The number of nitrogens with one attached hydrogen (secondary N) is 2. The Balaban J connectivity index is 1.56. The van der Waals surface area contributed by atoms with Crippen molar-refractivity contribution in [1.29, 1.82) is 0 Å². The normalized spacial score (nSPS) is 22.2. The van der Waals surface area contributed by atoms with Gasteiger partial charge in [-0.05, 0) is 0 Å². The first-order chi connectivity index (χ1) is 14.6. The Morgan fingerprint density at radius 1 is 1.26 bits per heavy atom. The van der Waals surface area contributed by atoms with Crippen molar-refractivity contribution in [3.63, 3.8) is 0 Å². The number of piperidine rings is 1. The lowest BCUT2D eigenvalue weighted by atomic mass is 9.99. The summed E-state index contributed by atoms with van der Waals surface area (Å²) in [5.74, 6) is -3.66. The van der Waals surface area contributed by atoms with Crippen molar-refractivity contribution in [2.45, 2.75) is 30.6 Å². The second kappa shape index (κ2) is 8.02. The standard InChI is InChI=1S/C17H19ClF5N7O/c1-24-14-10(17(21,22)23)4-25-15(28-14)27-11-5-26-30(13(11)18)12-6-29(9-7-31-8-9)3-2-16(12,19)20/h4-5,9,12H,2-3,6-8H2,1H3,(H2,24,25,27,28)/t12-/m1/s1. The zero-order valence-electron chi connectivity index (χ0n) is 16.3. The lowest BCUT2D eigenvalue weighted by molar-refractivity contribution is -0.140. The number of rotatable bonds is 5. The highest BCUT2D eigenvalue weighted by molar-refractivity contribution is 6.32. The van der Waals surface area contributed by atoms with E-state index in [1.54, 1.807) is 0 Å². The molecule has 14 heteroatoms. The van der Waals surface area contributed by atoms with Crippen LogP contribution in [-0.4, -0.2) is 70.0 Å². The van der Waals surface area contributed by atoms with Crippen LogP contribution in [0.25, 0.3) is 0 Å². The summed E-state index contributed by atoms with van der Waals surface area (Å²) in [4.78, 5) is 9.35. The van der Waals surface area contributed by atoms with Crippen LogP contribution in [0, 0.1) is 0 Å². The number of ether oxygens (including phenoxy) is 1. The molecule has 0 aliphatic carbocycles. The summed E-state index contributed by atoms with van der Waals surface area (Å²) in [6.45, 7) is 1.28. The van der Waals surface area contributed by atoms with Crippen LogP contribution in [0.1, 0.15) is 18.0 Å². The van der Waals surface area contributed by atoms with Gasteiger partial charge in [0.2, 0.25) is 5.95 Å². The molecule has 4 heterocycles. The number of hydrogen-bond acceptors (Lipinski definition) is 7. The summed E-state index contributed by atoms with van der Waals surface area (Å²) in [5, 5.41) is 8.88. The summed E-state index contributed by atoms with van der Waals surface area (Å²) in [6, 6.07) is -1.21. The van der Waals surface area contributed by atoms with Gasteiger partial charge in [-0.3, -0.25) is 4.90 Å². The van der Waals surface area contributed by atoms with Crippen LogP contribution in [0.15, 0.2) is 12.4 Å². The van der Waals surface area contributed by atoms with Crippen LogP contribution in [0.3, 0.4) is 0 Å². The van der Waals surface area contributed by atoms with Gasteiger partial charge in [0, 0.05) is 32.8 Å². The first-order valence-electron chi connectivity index (χ1n) is 9.42. The Bertz CT molecular complexity index is 949. The SMILES string of the molecule is CNc1nc(Nc2cnn([C@@H]3CN(C4COC4)CCC3(F)F)c2Cl)ncc1C(F)(F)F. The highest BCUT2D eigenvalue weighted by Crippen LogP contribution is 2.41. The van der Waals surface area contributed by atoms with E-state index < -0.39 is 29.5 Å². The molecule has 2 aromatic heterocycles. The van der Waals surface area contributed by atoms with E-state index in [0.717, 1.165) is 4.68 Å². The highest BCUT2D eigenvalue weighted by atomic mass is 35.5. The minimum Gasteiger partial charge on any atom is -0.378 e. The Hall–Kier alpha value is -2.25. The van der Waals surface area contributed by atoms with Crippen molar-refractivity contribution in [3.8, 4) is 0 Å². The summed E-state index contributed by atoms with van der Waals surface area (Å²) in [5.41, 5.74) is -0.937. The minimum atomic E-state index is -4.64. The molecule has 2 N–H and O–H groups in total. The Morgan fingerprint density at radius 3 is 2.61 bits per heavy atom. The molecule has 2 saturated heterocycles. The molecule has 2 aromatic rings. The van der Waals surface area contributed by atoms with Crippen LogP contribution in [0.4, 0.5) is 39.4 Å². The zero-order chi connectivity index (χ0) is 22.4. The van der Waals surface area contributed by atoms with Gasteiger partial charge in [-0.15, -0.1) is 0 Å². The van der Waals surface area contributed by atoms with Crippen LogP contribution < -0.4 is 10.6 Å². The van der Waals surface area contributed by atoms with E-state index >= 15 is 0 Å². The third-order valence-electron chi connectivity index (χ3n) is 5.37. The lowest BCUT2D eigenvalue weighted by Crippen LogP contribution is -2.57. The molecule has 0 amide bonds. The molecule has 0 radical (unpaired) electrons. The average Bonchev–Trinajstić information content (AvgIpc) is 3.01. The van der Waals surface area contributed by atoms with E-state index in [9.17, 15) is 22.0 Å². The van der Waals surface area contributed by atoms with E-state index in [0.29, 0.717) is 19.4 Å². The maximum atomic E-state index is 14.6. The third-order valence-corrected chi connectivity index (χ3v) is 5.75. The van der Waals surface area contributed by atoms with Gasteiger partial charge >= 0.3 is 6.18 Å². The first kappa shape index (κ1) is 22.0. The highest BCUT2D eigenvalue weighted by Gasteiger charge is 2.48. The van der Waals surface area contributed by atoms with E-state index in [-0.39, 0.29) is 42.3 Å². The lowest BCUT2D eigenvalue weighted by Gasteiger charge is -2.44. The van der Waals surface area contributed by atoms with E-state index in [1.165, 1.54) is 13.2 Å². The Morgan fingerprint density at radius 2 is 2.00 bits per heavy atom. The van der Waals surface area contributed by atoms with Crippen LogP contribution in [-0.2, 0) is 10.9 Å². The predicted octanol–water partition coefficient (Wildman–Crippen LogP) is 3.41. The van der Waals surface area contributed by atoms with Gasteiger partial charge in [0.1, 0.15) is 17.4 Å². The smallest absolute Gasteiger partial charge is 0.378 e. The fraction of sp³-hybridized carbons (Fsp3) is 0.588. The van der Waals surface area contributed by atoms with Gasteiger partial charge in [0.05, 0.1) is 31.1 Å². The number of hydrogen-bond donors (Lipinski definition) is 2. The Kier molecular flexibility index (Phi) is 5.68. The van der Waals surface area contributed by atoms with Gasteiger partial charge in [0.15, 0.2) is 5.15 Å². The molecule has 2 aliphatic heterocycles. The summed E-state index contributed by atoms with van der Waals surface area (Å²) < 4.78 is 74.5. The summed E-state index contributed by atoms with van der Waals surface area (Å²) in [7, 11) is 1.29. The molecular weight excluding hydrogens is 449 g/mol. The molecular formula is C17H19ClF5N7O. The number of likely N-dealkylation sites (tertiary alicyclic amines) is 1. The van der Waals surface area contributed by atoms with Crippen LogP contribution >= 0.6 is 11.6 Å². The molecule has 0 aromatic carbocycles. The summed E-state index contributed by atoms with van der Waals surface area (Å²) in [6.07, 6.45) is -3.15. The summed E-state index contributed by atoms with van der Waals surface area (Å²) >= 11 is 6.30. The second-order valence-corrected chi connectivity index (χ2v) is 7.69. The van der Waals surface area contributed by atoms with Crippen molar-refractivity contribution >= 4 is 29.1 Å². The van der Waals surface area contributed by atoms with E-state index in [4.69, 9.17) is 16.3 Å². The molecule has 0 saturated carbocycles. The molecule has 8 nitrogen and oxygen atoms in total. The maximum Gasteiger partial charge on any atom is 0.421 e. The molecule has 0 unspecified atom stereocenters. The van der Waals surface area contributed by atoms with Crippen molar-refractivity contribution in [2.75, 3.05) is 44.0 Å². The molecule has 0 spiro atoms. The van der Waals surface area contributed by atoms with Crippen LogP contribution in [0.5, 0.6) is 0 Å². The van der Waals surface area contributed by atoms with Gasteiger partial charge < -0.3 is 15.4 Å². The quantitative estimate of drug-likeness (QED) is 0.652.